The van der Waals surface area contributed by atoms with Gasteiger partial charge in [-0.05, 0) is 49.4 Å². The van der Waals surface area contributed by atoms with E-state index in [1.165, 1.54) is 23.1 Å². The van der Waals surface area contributed by atoms with Crippen molar-refractivity contribution in [1.82, 2.24) is 0 Å². The van der Waals surface area contributed by atoms with Crippen LogP contribution in [0.1, 0.15) is 23.1 Å². The summed E-state index contributed by atoms with van der Waals surface area (Å²) in [4.78, 5) is 7.81. The van der Waals surface area contributed by atoms with Gasteiger partial charge in [0.05, 0.1) is 11.7 Å². The molecular formula is C18H20N2. The van der Waals surface area contributed by atoms with Crippen LogP contribution in [0.15, 0.2) is 58.5 Å². The lowest BCUT2D eigenvalue weighted by molar-refractivity contribution is 0.820. The van der Waals surface area contributed by atoms with Gasteiger partial charge in [-0.15, -0.1) is 0 Å². The van der Waals surface area contributed by atoms with Crippen molar-refractivity contribution in [2.75, 3.05) is 7.05 Å². The van der Waals surface area contributed by atoms with Gasteiger partial charge in [0, 0.05) is 7.05 Å². The number of aryl methyl sites for hydroxylation is 3. The fourth-order valence-electron chi connectivity index (χ4n) is 2.10. The second kappa shape index (κ2) is 7.42. The number of hydrogen-bond acceptors (Lipinski definition) is 2. The van der Waals surface area contributed by atoms with E-state index in [0.717, 1.165) is 18.5 Å². The van der Waals surface area contributed by atoms with Gasteiger partial charge in [-0.1, -0.05) is 42.0 Å². The Morgan fingerprint density at radius 3 is 1.95 bits per heavy atom. The topological polar surface area (TPSA) is 24.7 Å². The predicted octanol–water partition coefficient (Wildman–Crippen LogP) is 4.61. The second-order valence-electron chi connectivity index (χ2n) is 4.94. The van der Waals surface area contributed by atoms with E-state index >= 15 is 0 Å². The van der Waals surface area contributed by atoms with E-state index in [0.29, 0.717) is 0 Å². The smallest absolute Gasteiger partial charge is 0.0946 e. The standard InChI is InChI=1S/C18H20N2/c1-15-6-8-16(9-7-15)4-3-5-17-10-12-18(13-11-17)20-14-19-2/h6-13H,3-5H2,1-2H3. The van der Waals surface area contributed by atoms with Gasteiger partial charge < -0.3 is 0 Å². The molecule has 2 nitrogen and oxygen atoms in total. The highest BCUT2D eigenvalue weighted by molar-refractivity contribution is 5.52. The number of rotatable bonds is 5. The molecule has 0 amide bonds. The lowest BCUT2D eigenvalue weighted by Crippen LogP contribution is -1.90. The first-order chi connectivity index (χ1) is 9.78. The Bertz CT molecular complexity index is 588. The van der Waals surface area contributed by atoms with Crippen LogP contribution in [0.3, 0.4) is 0 Å². The second-order valence-corrected chi connectivity index (χ2v) is 4.94. The van der Waals surface area contributed by atoms with Crippen molar-refractivity contribution in [2.24, 2.45) is 9.98 Å². The minimum atomic E-state index is 0.901. The van der Waals surface area contributed by atoms with Crippen molar-refractivity contribution in [1.29, 1.82) is 0 Å². The van der Waals surface area contributed by atoms with Crippen LogP contribution in [0.4, 0.5) is 5.69 Å². The van der Waals surface area contributed by atoms with Crippen LogP contribution in [0.2, 0.25) is 0 Å². The van der Waals surface area contributed by atoms with Crippen molar-refractivity contribution < 1.29 is 0 Å². The van der Waals surface area contributed by atoms with Crippen LogP contribution in [-0.2, 0) is 12.8 Å². The van der Waals surface area contributed by atoms with Crippen molar-refractivity contribution in [3.63, 3.8) is 0 Å². The molecule has 2 aromatic carbocycles. The molecule has 0 aliphatic rings. The summed E-state index contributed by atoms with van der Waals surface area (Å²) in [6.07, 6.45) is 3.39. The fraction of sp³-hybridized carbons (Fsp3) is 0.278. The van der Waals surface area contributed by atoms with E-state index in [1.807, 2.05) is 12.1 Å². The molecule has 0 radical (unpaired) electrons. The van der Waals surface area contributed by atoms with Crippen molar-refractivity contribution in [3.05, 3.63) is 65.2 Å². The van der Waals surface area contributed by atoms with Crippen molar-refractivity contribution >= 4 is 11.7 Å². The number of hydrogen-bond donors (Lipinski definition) is 0. The minimum Gasteiger partial charge on any atom is -0.229 e. The van der Waals surface area contributed by atoms with Gasteiger partial charge in [-0.3, -0.25) is 0 Å². The first-order valence-corrected chi connectivity index (χ1v) is 6.97. The van der Waals surface area contributed by atoms with Gasteiger partial charge in [0.2, 0.25) is 0 Å². The largest absolute Gasteiger partial charge is 0.229 e. The van der Waals surface area contributed by atoms with E-state index in [4.69, 9.17) is 0 Å². The third kappa shape index (κ3) is 4.49. The molecule has 0 fully saturated rings. The molecule has 2 rings (SSSR count). The van der Waals surface area contributed by atoms with E-state index < -0.39 is 0 Å². The third-order valence-corrected chi connectivity index (χ3v) is 3.27. The van der Waals surface area contributed by atoms with Gasteiger partial charge in [0.1, 0.15) is 0 Å². The van der Waals surface area contributed by atoms with Crippen LogP contribution in [0.25, 0.3) is 0 Å². The molecule has 0 atom stereocenters. The maximum absolute atomic E-state index is 4.09. The Morgan fingerprint density at radius 1 is 0.850 bits per heavy atom. The zero-order valence-corrected chi connectivity index (χ0v) is 12.1. The summed E-state index contributed by atoms with van der Waals surface area (Å²) >= 11 is 0. The molecule has 102 valence electrons. The zero-order valence-electron chi connectivity index (χ0n) is 12.1. The van der Waals surface area contributed by atoms with Crippen LogP contribution in [0.5, 0.6) is 0 Å². The molecule has 0 saturated heterocycles. The lowest BCUT2D eigenvalue weighted by atomic mass is 10.0. The molecule has 20 heavy (non-hydrogen) atoms. The van der Waals surface area contributed by atoms with Gasteiger partial charge in [0.15, 0.2) is 0 Å². The van der Waals surface area contributed by atoms with E-state index in [2.05, 4.69) is 59.3 Å². The predicted molar refractivity (Wildman–Crippen MR) is 85.1 cm³/mol. The van der Waals surface area contributed by atoms with Gasteiger partial charge in [0.25, 0.3) is 0 Å². The molecule has 0 aromatic heterocycles. The highest BCUT2D eigenvalue weighted by Crippen LogP contribution is 2.14. The average molecular weight is 264 g/mol. The maximum atomic E-state index is 4.09. The minimum absolute atomic E-state index is 0.901. The molecule has 0 unspecified atom stereocenters. The Labute approximate surface area is 120 Å². The Kier molecular flexibility index (Phi) is 5.28. The van der Waals surface area contributed by atoms with Crippen molar-refractivity contribution in [3.8, 4) is 0 Å². The summed E-state index contributed by atoms with van der Waals surface area (Å²) in [7, 11) is 1.67. The summed E-state index contributed by atoms with van der Waals surface area (Å²) in [5.74, 6) is 0. The molecule has 0 N–H and O–H groups in total. The van der Waals surface area contributed by atoms with E-state index in [9.17, 15) is 0 Å². The molecule has 0 aliphatic carbocycles. The van der Waals surface area contributed by atoms with Gasteiger partial charge >= 0.3 is 0 Å². The highest BCUT2D eigenvalue weighted by Gasteiger charge is 1.96. The highest BCUT2D eigenvalue weighted by atomic mass is 14.8. The van der Waals surface area contributed by atoms with Gasteiger partial charge in [-0.25, -0.2) is 4.99 Å². The normalized spacial score (nSPS) is 9.90. The summed E-state index contributed by atoms with van der Waals surface area (Å²) in [5, 5.41) is 0. The summed E-state index contributed by atoms with van der Waals surface area (Å²) < 4.78 is 0. The zero-order chi connectivity index (χ0) is 14.2. The summed E-state index contributed by atoms with van der Waals surface area (Å²) in [6, 6.07) is 19.7. The van der Waals surface area contributed by atoms with Crippen LogP contribution >= 0.6 is 0 Å². The Hall–Kier alpha value is -2.18. The van der Waals surface area contributed by atoms with E-state index in [-0.39, 0.29) is 0 Å². The van der Waals surface area contributed by atoms with E-state index in [1.54, 1.807) is 7.05 Å². The number of benzene rings is 2. The van der Waals surface area contributed by atoms with Crippen molar-refractivity contribution in [2.45, 2.75) is 26.2 Å². The first-order valence-electron chi connectivity index (χ1n) is 6.97. The Balaban J connectivity index is 1.85. The van der Waals surface area contributed by atoms with Crippen LogP contribution in [0, 0.1) is 6.92 Å². The quantitative estimate of drug-likeness (QED) is 0.705. The molecule has 0 heterocycles. The summed E-state index contributed by atoms with van der Waals surface area (Å²) in [6.45, 7) is 2.12. The van der Waals surface area contributed by atoms with Crippen LogP contribution < -0.4 is 0 Å². The molecule has 2 heteroatoms. The number of aliphatic imine (C=N–C) groups is 2. The lowest BCUT2D eigenvalue weighted by Gasteiger charge is -2.03. The number of nitrogens with zero attached hydrogens (tertiary/aromatic N) is 2. The van der Waals surface area contributed by atoms with Crippen LogP contribution in [-0.4, -0.2) is 13.1 Å². The van der Waals surface area contributed by atoms with Gasteiger partial charge in [-0.2, -0.15) is 4.99 Å². The molecular weight excluding hydrogens is 244 g/mol. The molecule has 2 aromatic rings. The molecule has 0 saturated carbocycles. The monoisotopic (exact) mass is 264 g/mol. The maximum Gasteiger partial charge on any atom is 0.0946 e. The fourth-order valence-corrected chi connectivity index (χ4v) is 2.10. The Morgan fingerprint density at radius 2 is 1.40 bits per heavy atom. The summed E-state index contributed by atoms with van der Waals surface area (Å²) in [5.41, 5.74) is 4.99. The third-order valence-electron chi connectivity index (χ3n) is 3.27. The molecule has 0 spiro atoms. The average Bonchev–Trinajstić information content (AvgIpc) is 2.48. The first kappa shape index (κ1) is 14.2. The SMILES string of the molecule is CN=C=Nc1ccc(CCCc2ccc(C)cc2)cc1. The molecule has 0 bridgehead atoms. The molecule has 0 aliphatic heterocycles.